The summed E-state index contributed by atoms with van der Waals surface area (Å²) in [5.41, 5.74) is 0. The lowest BCUT2D eigenvalue weighted by molar-refractivity contribution is -0.0595. The first kappa shape index (κ1) is 21.4. The predicted octanol–water partition coefficient (Wildman–Crippen LogP) is 6.14. The SMILES string of the molecule is CCCOc1ccc(OCC2CCC(C3CCC(CC)CO3)CC2)c(F)c1F. The molecular weight excluding hydrogens is 362 g/mol. The quantitative estimate of drug-likeness (QED) is 0.528. The van der Waals surface area contributed by atoms with Gasteiger partial charge in [-0.3, -0.25) is 0 Å². The summed E-state index contributed by atoms with van der Waals surface area (Å²) in [6.07, 6.45) is 9.22. The highest BCUT2D eigenvalue weighted by Crippen LogP contribution is 2.37. The van der Waals surface area contributed by atoms with E-state index in [2.05, 4.69) is 6.92 Å². The summed E-state index contributed by atoms with van der Waals surface area (Å²) in [7, 11) is 0. The number of hydrogen-bond donors (Lipinski definition) is 0. The summed E-state index contributed by atoms with van der Waals surface area (Å²) in [5, 5.41) is 0. The second-order valence-electron chi connectivity index (χ2n) is 8.35. The summed E-state index contributed by atoms with van der Waals surface area (Å²) in [4.78, 5) is 0. The van der Waals surface area contributed by atoms with Gasteiger partial charge in [0.1, 0.15) is 0 Å². The second-order valence-corrected chi connectivity index (χ2v) is 8.35. The third-order valence-electron chi connectivity index (χ3n) is 6.35. The Kier molecular flexibility index (Phi) is 7.95. The molecule has 1 heterocycles. The number of hydrogen-bond acceptors (Lipinski definition) is 3. The molecule has 1 aliphatic heterocycles. The fourth-order valence-electron chi connectivity index (χ4n) is 4.40. The second kappa shape index (κ2) is 10.4. The Morgan fingerprint density at radius 3 is 2.11 bits per heavy atom. The van der Waals surface area contributed by atoms with E-state index in [0.717, 1.165) is 44.6 Å². The van der Waals surface area contributed by atoms with Gasteiger partial charge in [-0.05, 0) is 74.8 Å². The van der Waals surface area contributed by atoms with Crippen LogP contribution in [0.15, 0.2) is 12.1 Å². The van der Waals surface area contributed by atoms with E-state index in [1.807, 2.05) is 6.92 Å². The highest BCUT2D eigenvalue weighted by atomic mass is 19.2. The molecule has 0 bridgehead atoms. The van der Waals surface area contributed by atoms with Crippen LogP contribution in [0.3, 0.4) is 0 Å². The average Bonchev–Trinajstić information content (AvgIpc) is 2.74. The number of halogens is 2. The van der Waals surface area contributed by atoms with E-state index in [-0.39, 0.29) is 11.5 Å². The van der Waals surface area contributed by atoms with Crippen LogP contribution in [0.1, 0.15) is 65.2 Å². The van der Waals surface area contributed by atoms with Crippen LogP contribution in [-0.2, 0) is 4.74 Å². The number of rotatable bonds is 8. The molecule has 1 saturated carbocycles. The van der Waals surface area contributed by atoms with Crippen molar-refractivity contribution in [2.24, 2.45) is 17.8 Å². The van der Waals surface area contributed by atoms with Crippen molar-refractivity contribution >= 4 is 0 Å². The van der Waals surface area contributed by atoms with Crippen molar-refractivity contribution in [3.63, 3.8) is 0 Å². The van der Waals surface area contributed by atoms with Crippen molar-refractivity contribution in [1.82, 2.24) is 0 Å². The number of benzene rings is 1. The highest BCUT2D eigenvalue weighted by molar-refractivity contribution is 5.35. The van der Waals surface area contributed by atoms with Crippen LogP contribution in [0.2, 0.25) is 0 Å². The lowest BCUT2D eigenvalue weighted by Crippen LogP contribution is -2.34. The molecule has 0 N–H and O–H groups in total. The molecule has 28 heavy (non-hydrogen) atoms. The normalized spacial score (nSPS) is 28.1. The smallest absolute Gasteiger partial charge is 0.204 e. The Morgan fingerprint density at radius 1 is 0.893 bits per heavy atom. The molecule has 1 aromatic rings. The first-order chi connectivity index (χ1) is 13.6. The van der Waals surface area contributed by atoms with Gasteiger partial charge in [0.05, 0.1) is 19.3 Å². The molecule has 1 saturated heterocycles. The van der Waals surface area contributed by atoms with Crippen molar-refractivity contribution in [3.05, 3.63) is 23.8 Å². The molecule has 2 atom stereocenters. The molecule has 2 unspecified atom stereocenters. The van der Waals surface area contributed by atoms with Gasteiger partial charge in [-0.25, -0.2) is 0 Å². The molecule has 3 rings (SSSR count). The van der Waals surface area contributed by atoms with E-state index in [9.17, 15) is 8.78 Å². The largest absolute Gasteiger partial charge is 0.490 e. The van der Waals surface area contributed by atoms with E-state index >= 15 is 0 Å². The average molecular weight is 397 g/mol. The van der Waals surface area contributed by atoms with Gasteiger partial charge in [0, 0.05) is 6.61 Å². The van der Waals surface area contributed by atoms with Crippen LogP contribution < -0.4 is 9.47 Å². The van der Waals surface area contributed by atoms with E-state index < -0.39 is 11.6 Å². The van der Waals surface area contributed by atoms with Gasteiger partial charge in [-0.1, -0.05) is 20.3 Å². The van der Waals surface area contributed by atoms with E-state index in [1.165, 1.54) is 31.4 Å². The Balaban J connectivity index is 1.44. The topological polar surface area (TPSA) is 27.7 Å². The summed E-state index contributed by atoms with van der Waals surface area (Å²) in [6.45, 7) is 5.86. The molecule has 158 valence electrons. The van der Waals surface area contributed by atoms with Gasteiger partial charge in [-0.2, -0.15) is 8.78 Å². The maximum Gasteiger partial charge on any atom is 0.204 e. The lowest BCUT2D eigenvalue weighted by Gasteiger charge is -2.37. The van der Waals surface area contributed by atoms with Crippen LogP contribution in [0.4, 0.5) is 8.78 Å². The Labute approximate surface area is 167 Å². The summed E-state index contributed by atoms with van der Waals surface area (Å²) in [5.74, 6) is -0.234. The lowest BCUT2D eigenvalue weighted by atomic mass is 9.77. The molecule has 5 heteroatoms. The fraction of sp³-hybridized carbons (Fsp3) is 0.739. The minimum absolute atomic E-state index is 0.0234. The highest BCUT2D eigenvalue weighted by Gasteiger charge is 2.31. The van der Waals surface area contributed by atoms with Gasteiger partial charge >= 0.3 is 0 Å². The first-order valence-corrected chi connectivity index (χ1v) is 11.0. The van der Waals surface area contributed by atoms with Gasteiger partial charge in [0.2, 0.25) is 11.6 Å². The zero-order valence-corrected chi connectivity index (χ0v) is 17.2. The zero-order chi connectivity index (χ0) is 19.9. The van der Waals surface area contributed by atoms with Crippen LogP contribution in [0, 0.1) is 29.4 Å². The zero-order valence-electron chi connectivity index (χ0n) is 17.2. The van der Waals surface area contributed by atoms with Crippen molar-refractivity contribution < 1.29 is 23.0 Å². The predicted molar refractivity (Wildman–Crippen MR) is 106 cm³/mol. The maximum absolute atomic E-state index is 14.2. The van der Waals surface area contributed by atoms with Crippen molar-refractivity contribution in [1.29, 1.82) is 0 Å². The molecule has 2 fully saturated rings. The van der Waals surface area contributed by atoms with Gasteiger partial charge in [0.25, 0.3) is 0 Å². The third kappa shape index (κ3) is 5.37. The monoisotopic (exact) mass is 396 g/mol. The Bertz CT molecular complexity index is 606. The van der Waals surface area contributed by atoms with Crippen LogP contribution in [0.25, 0.3) is 0 Å². The summed E-state index contributed by atoms with van der Waals surface area (Å²) in [6, 6.07) is 2.92. The molecule has 0 radical (unpaired) electrons. The Hall–Kier alpha value is -1.36. The van der Waals surface area contributed by atoms with Crippen molar-refractivity contribution in [2.45, 2.75) is 71.3 Å². The van der Waals surface area contributed by atoms with E-state index in [0.29, 0.717) is 31.2 Å². The molecular formula is C23H34F2O3. The van der Waals surface area contributed by atoms with Crippen LogP contribution in [0.5, 0.6) is 11.5 Å². The number of ether oxygens (including phenoxy) is 3. The molecule has 0 amide bonds. The molecule has 1 aromatic carbocycles. The molecule has 0 spiro atoms. The van der Waals surface area contributed by atoms with Gasteiger partial charge in [-0.15, -0.1) is 0 Å². The summed E-state index contributed by atoms with van der Waals surface area (Å²) >= 11 is 0. The molecule has 1 aliphatic carbocycles. The van der Waals surface area contributed by atoms with Gasteiger partial charge < -0.3 is 14.2 Å². The summed E-state index contributed by atoms with van der Waals surface area (Å²) < 4.78 is 45.2. The third-order valence-corrected chi connectivity index (χ3v) is 6.35. The molecule has 2 aliphatic rings. The minimum Gasteiger partial charge on any atom is -0.490 e. The van der Waals surface area contributed by atoms with Crippen molar-refractivity contribution in [3.8, 4) is 11.5 Å². The Morgan fingerprint density at radius 2 is 1.54 bits per heavy atom. The fourth-order valence-corrected chi connectivity index (χ4v) is 4.40. The first-order valence-electron chi connectivity index (χ1n) is 11.0. The maximum atomic E-state index is 14.2. The van der Waals surface area contributed by atoms with E-state index in [1.54, 1.807) is 0 Å². The molecule has 3 nitrogen and oxygen atoms in total. The van der Waals surface area contributed by atoms with Gasteiger partial charge in [0.15, 0.2) is 11.5 Å². The standard InChI is InChI=1S/C23H34F2O3/c1-3-13-26-20-11-12-21(23(25)22(20)24)28-15-17-5-8-18(9-6-17)19-10-7-16(4-2)14-27-19/h11-12,16-19H,3-10,13-15H2,1-2H3. The van der Waals surface area contributed by atoms with Crippen LogP contribution in [-0.4, -0.2) is 25.9 Å². The minimum atomic E-state index is -0.963. The van der Waals surface area contributed by atoms with Crippen molar-refractivity contribution in [2.75, 3.05) is 19.8 Å². The molecule has 0 aromatic heterocycles. The van der Waals surface area contributed by atoms with Crippen LogP contribution >= 0.6 is 0 Å². The van der Waals surface area contributed by atoms with E-state index in [4.69, 9.17) is 14.2 Å².